The van der Waals surface area contributed by atoms with E-state index in [2.05, 4.69) is 0 Å². The van der Waals surface area contributed by atoms with Crippen LogP contribution in [0.2, 0.25) is 0 Å². The Morgan fingerprint density at radius 1 is 1.06 bits per heavy atom. The molecule has 0 radical (unpaired) electrons. The number of rotatable bonds is 3. The van der Waals surface area contributed by atoms with Gasteiger partial charge < -0.3 is 10.2 Å². The molecule has 2 aromatic carbocycles. The van der Waals surface area contributed by atoms with Crippen LogP contribution in [0, 0.1) is 5.82 Å². The summed E-state index contributed by atoms with van der Waals surface area (Å²) in [6, 6.07) is 9.57. The number of alkyl halides is 1. The molecule has 2 rings (SSSR count). The van der Waals surface area contributed by atoms with Crippen LogP contribution >= 0.6 is 11.6 Å². The molecule has 17 heavy (non-hydrogen) atoms. The average molecular weight is 255 g/mol. The zero-order chi connectivity index (χ0) is 12.4. The number of aliphatic hydroxyl groups excluding tert-OH is 2. The lowest BCUT2D eigenvalue weighted by Crippen LogP contribution is -2.20. The van der Waals surface area contributed by atoms with Gasteiger partial charge >= 0.3 is 0 Å². The predicted octanol–water partition coefficient (Wildman–Crippen LogP) is 2.61. The van der Waals surface area contributed by atoms with Crippen LogP contribution in [0.3, 0.4) is 0 Å². The zero-order valence-corrected chi connectivity index (χ0v) is 9.73. The minimum absolute atomic E-state index is 0.0765. The Morgan fingerprint density at radius 3 is 2.35 bits per heavy atom. The molecule has 2 unspecified atom stereocenters. The molecule has 2 aromatic rings. The van der Waals surface area contributed by atoms with Crippen molar-refractivity contribution in [3.05, 3.63) is 47.8 Å². The molecule has 90 valence electrons. The maximum absolute atomic E-state index is 13.5. The van der Waals surface area contributed by atoms with Crippen molar-refractivity contribution in [3.8, 4) is 0 Å². The number of benzene rings is 2. The summed E-state index contributed by atoms with van der Waals surface area (Å²) in [5.41, 5.74) is 0.482. The minimum Gasteiger partial charge on any atom is -0.389 e. The summed E-state index contributed by atoms with van der Waals surface area (Å²) < 4.78 is 13.5. The number of halogens is 2. The van der Waals surface area contributed by atoms with Crippen molar-refractivity contribution in [1.29, 1.82) is 0 Å². The number of hydrogen-bond donors (Lipinski definition) is 2. The molecule has 0 heterocycles. The molecule has 0 aliphatic rings. The third-order valence-corrected chi connectivity index (χ3v) is 3.06. The van der Waals surface area contributed by atoms with Crippen LogP contribution in [-0.4, -0.2) is 22.2 Å². The van der Waals surface area contributed by atoms with Gasteiger partial charge in [-0.2, -0.15) is 0 Å². The van der Waals surface area contributed by atoms with Crippen LogP contribution in [0.25, 0.3) is 10.8 Å². The molecule has 0 aromatic heterocycles. The summed E-state index contributed by atoms with van der Waals surface area (Å²) >= 11 is 5.50. The van der Waals surface area contributed by atoms with Gasteiger partial charge in [0.25, 0.3) is 0 Å². The van der Waals surface area contributed by atoms with E-state index in [1.54, 1.807) is 24.3 Å². The first kappa shape index (κ1) is 12.3. The van der Waals surface area contributed by atoms with Gasteiger partial charge in [0.15, 0.2) is 0 Å². The van der Waals surface area contributed by atoms with Crippen molar-refractivity contribution < 1.29 is 14.6 Å². The van der Waals surface area contributed by atoms with Crippen LogP contribution in [0.1, 0.15) is 11.7 Å². The SMILES string of the molecule is OC(CCl)C(O)c1ccc(F)c2ccccc12. The molecule has 0 amide bonds. The highest BCUT2D eigenvalue weighted by molar-refractivity contribution is 6.18. The molecule has 0 saturated carbocycles. The summed E-state index contributed by atoms with van der Waals surface area (Å²) in [5, 5.41) is 20.5. The van der Waals surface area contributed by atoms with Crippen LogP contribution in [0.4, 0.5) is 4.39 Å². The van der Waals surface area contributed by atoms with Gasteiger partial charge in [0.1, 0.15) is 11.9 Å². The molecule has 0 aliphatic carbocycles. The second kappa shape index (κ2) is 5.00. The smallest absolute Gasteiger partial charge is 0.131 e. The topological polar surface area (TPSA) is 40.5 Å². The molecule has 0 fully saturated rings. The molecule has 0 saturated heterocycles. The molecule has 0 aliphatic heterocycles. The highest BCUT2D eigenvalue weighted by Gasteiger charge is 2.20. The Labute approximate surface area is 103 Å². The Kier molecular flexibility index (Phi) is 3.62. The fraction of sp³-hybridized carbons (Fsp3) is 0.231. The van der Waals surface area contributed by atoms with Crippen molar-refractivity contribution in [3.63, 3.8) is 0 Å². The van der Waals surface area contributed by atoms with Crippen molar-refractivity contribution in [1.82, 2.24) is 0 Å². The quantitative estimate of drug-likeness (QED) is 0.827. The van der Waals surface area contributed by atoms with Gasteiger partial charge in [-0.3, -0.25) is 0 Å². The Balaban J connectivity index is 2.59. The monoisotopic (exact) mass is 254 g/mol. The molecular formula is C13H12ClFO2. The second-order valence-electron chi connectivity index (χ2n) is 3.85. The van der Waals surface area contributed by atoms with E-state index in [-0.39, 0.29) is 11.7 Å². The van der Waals surface area contributed by atoms with E-state index in [9.17, 15) is 14.6 Å². The first-order valence-corrected chi connectivity index (χ1v) is 5.78. The Morgan fingerprint density at radius 2 is 1.71 bits per heavy atom. The lowest BCUT2D eigenvalue weighted by molar-refractivity contribution is 0.0336. The largest absolute Gasteiger partial charge is 0.389 e. The highest BCUT2D eigenvalue weighted by Crippen LogP contribution is 2.28. The molecule has 2 nitrogen and oxygen atoms in total. The number of aliphatic hydroxyl groups is 2. The average Bonchev–Trinajstić information content (AvgIpc) is 2.38. The highest BCUT2D eigenvalue weighted by atomic mass is 35.5. The summed E-state index contributed by atoms with van der Waals surface area (Å²) in [6.07, 6.45) is -2.18. The molecular weight excluding hydrogens is 243 g/mol. The van der Waals surface area contributed by atoms with Crippen molar-refractivity contribution in [2.45, 2.75) is 12.2 Å². The number of fused-ring (bicyclic) bond motifs is 1. The maximum Gasteiger partial charge on any atom is 0.131 e. The fourth-order valence-electron chi connectivity index (χ4n) is 1.84. The third kappa shape index (κ3) is 2.27. The van der Waals surface area contributed by atoms with E-state index in [4.69, 9.17) is 11.6 Å². The van der Waals surface area contributed by atoms with E-state index in [0.717, 1.165) is 0 Å². The van der Waals surface area contributed by atoms with E-state index < -0.39 is 12.2 Å². The summed E-state index contributed by atoms with van der Waals surface area (Å²) in [6.45, 7) is 0. The fourth-order valence-corrected chi connectivity index (χ4v) is 2.00. The second-order valence-corrected chi connectivity index (χ2v) is 4.16. The van der Waals surface area contributed by atoms with Crippen LogP contribution < -0.4 is 0 Å². The van der Waals surface area contributed by atoms with Gasteiger partial charge in [0.05, 0.1) is 12.0 Å². The van der Waals surface area contributed by atoms with E-state index >= 15 is 0 Å². The van der Waals surface area contributed by atoms with Crippen LogP contribution in [0.15, 0.2) is 36.4 Å². The van der Waals surface area contributed by atoms with Crippen molar-refractivity contribution in [2.24, 2.45) is 0 Å². The third-order valence-electron chi connectivity index (χ3n) is 2.75. The first-order valence-electron chi connectivity index (χ1n) is 5.24. The maximum atomic E-state index is 13.5. The van der Waals surface area contributed by atoms with Gasteiger partial charge in [0.2, 0.25) is 0 Å². The molecule has 0 spiro atoms. The van der Waals surface area contributed by atoms with Gasteiger partial charge in [-0.05, 0) is 17.0 Å². The van der Waals surface area contributed by atoms with Gasteiger partial charge in [-0.15, -0.1) is 11.6 Å². The Hall–Kier alpha value is -1.16. The van der Waals surface area contributed by atoms with Crippen molar-refractivity contribution in [2.75, 3.05) is 5.88 Å². The minimum atomic E-state index is -1.11. The van der Waals surface area contributed by atoms with Gasteiger partial charge in [-0.25, -0.2) is 4.39 Å². The summed E-state index contributed by atoms with van der Waals surface area (Å²) in [5.74, 6) is -0.427. The van der Waals surface area contributed by atoms with E-state index in [0.29, 0.717) is 16.3 Å². The van der Waals surface area contributed by atoms with Crippen molar-refractivity contribution >= 4 is 22.4 Å². The van der Waals surface area contributed by atoms with Gasteiger partial charge in [0, 0.05) is 5.39 Å². The lowest BCUT2D eigenvalue weighted by Gasteiger charge is -2.17. The van der Waals surface area contributed by atoms with E-state index in [1.807, 2.05) is 0 Å². The Bertz CT molecular complexity index is 530. The normalized spacial score (nSPS) is 14.8. The van der Waals surface area contributed by atoms with E-state index in [1.165, 1.54) is 12.1 Å². The van der Waals surface area contributed by atoms with Gasteiger partial charge in [-0.1, -0.05) is 30.3 Å². The molecule has 2 atom stereocenters. The standard InChI is InChI=1S/C13H12ClFO2/c14-7-12(16)13(17)10-5-6-11(15)9-4-2-1-3-8(9)10/h1-6,12-13,16-17H,7H2. The van der Waals surface area contributed by atoms with Crippen LogP contribution in [-0.2, 0) is 0 Å². The molecule has 4 heteroatoms. The lowest BCUT2D eigenvalue weighted by atomic mass is 9.97. The zero-order valence-electron chi connectivity index (χ0n) is 8.98. The van der Waals surface area contributed by atoms with Crippen LogP contribution in [0.5, 0.6) is 0 Å². The molecule has 2 N–H and O–H groups in total. The first-order chi connectivity index (χ1) is 8.15. The summed E-state index contributed by atoms with van der Waals surface area (Å²) in [7, 11) is 0. The molecule has 0 bridgehead atoms. The summed E-state index contributed by atoms with van der Waals surface area (Å²) in [4.78, 5) is 0. The predicted molar refractivity (Wildman–Crippen MR) is 65.6 cm³/mol. The number of hydrogen-bond acceptors (Lipinski definition) is 2.